The molecule has 2 heteroatoms. The molecule has 0 bridgehead atoms. The van der Waals surface area contributed by atoms with Crippen LogP contribution in [-0.2, 0) is 0 Å². The number of rotatable bonds is 3. The zero-order valence-corrected chi connectivity index (χ0v) is 10.7. The molecule has 2 rings (SSSR count). The predicted molar refractivity (Wildman–Crippen MR) is 78.0 cm³/mol. The van der Waals surface area contributed by atoms with E-state index in [0.717, 1.165) is 21.9 Å². The van der Waals surface area contributed by atoms with E-state index in [2.05, 4.69) is 43.3 Å². The molecular weight excluding hydrogens is 226 g/mol. The SMILES string of the molecule is C=CC1=C(C=C)Sc2cc(C(=C)C)ccc2N1. The van der Waals surface area contributed by atoms with E-state index in [1.165, 1.54) is 10.5 Å². The van der Waals surface area contributed by atoms with Gasteiger partial charge in [-0.05, 0) is 30.7 Å². The van der Waals surface area contributed by atoms with Crippen LogP contribution in [0.25, 0.3) is 5.57 Å². The molecule has 0 unspecified atom stereocenters. The van der Waals surface area contributed by atoms with Crippen LogP contribution in [0.3, 0.4) is 0 Å². The van der Waals surface area contributed by atoms with Crippen LogP contribution in [0, 0.1) is 0 Å². The van der Waals surface area contributed by atoms with E-state index in [0.29, 0.717) is 0 Å². The average molecular weight is 241 g/mol. The third-order valence-corrected chi connectivity index (χ3v) is 3.78. The number of anilines is 1. The normalized spacial score (nSPS) is 13.7. The fraction of sp³-hybridized carbons (Fsp3) is 0.0667. The molecule has 1 nitrogen and oxygen atoms in total. The molecule has 1 N–H and O–H groups in total. The molecule has 1 aromatic carbocycles. The number of hydrogen-bond acceptors (Lipinski definition) is 2. The Morgan fingerprint density at radius 1 is 1.29 bits per heavy atom. The molecule has 0 radical (unpaired) electrons. The number of benzene rings is 1. The smallest absolute Gasteiger partial charge is 0.0526 e. The second-order valence-corrected chi connectivity index (χ2v) is 4.99. The third-order valence-electron chi connectivity index (χ3n) is 2.62. The van der Waals surface area contributed by atoms with Gasteiger partial charge in [0.1, 0.15) is 0 Å². The molecule has 86 valence electrons. The standard InChI is InChI=1S/C15H15NS/c1-5-12-14(6-2)17-15-9-11(10(3)4)7-8-13(15)16-12/h5-9,16H,1-3H2,4H3. The topological polar surface area (TPSA) is 12.0 Å². The van der Waals surface area contributed by atoms with Gasteiger partial charge in [0.05, 0.1) is 11.4 Å². The van der Waals surface area contributed by atoms with E-state index in [9.17, 15) is 0 Å². The van der Waals surface area contributed by atoms with Crippen molar-refractivity contribution in [1.82, 2.24) is 0 Å². The van der Waals surface area contributed by atoms with Crippen molar-refractivity contribution in [2.24, 2.45) is 0 Å². The van der Waals surface area contributed by atoms with Gasteiger partial charge in [-0.3, -0.25) is 0 Å². The lowest BCUT2D eigenvalue weighted by Crippen LogP contribution is -2.05. The predicted octanol–water partition coefficient (Wildman–Crippen LogP) is 4.82. The van der Waals surface area contributed by atoms with Crippen LogP contribution in [0.2, 0.25) is 0 Å². The Labute approximate surface area is 107 Å². The van der Waals surface area contributed by atoms with Crippen molar-refractivity contribution in [3.05, 3.63) is 66.3 Å². The second kappa shape index (κ2) is 4.68. The first-order valence-corrected chi connectivity index (χ1v) is 6.21. The summed E-state index contributed by atoms with van der Waals surface area (Å²) in [6.45, 7) is 13.6. The van der Waals surface area contributed by atoms with Crippen LogP contribution >= 0.6 is 11.8 Å². The summed E-state index contributed by atoms with van der Waals surface area (Å²) < 4.78 is 0. The molecule has 0 saturated heterocycles. The van der Waals surface area contributed by atoms with Crippen LogP contribution in [0.1, 0.15) is 12.5 Å². The van der Waals surface area contributed by atoms with E-state index < -0.39 is 0 Å². The summed E-state index contributed by atoms with van der Waals surface area (Å²) in [7, 11) is 0. The maximum Gasteiger partial charge on any atom is 0.0526 e. The first-order valence-electron chi connectivity index (χ1n) is 5.39. The van der Waals surface area contributed by atoms with E-state index in [1.807, 2.05) is 19.1 Å². The summed E-state index contributed by atoms with van der Waals surface area (Å²) in [4.78, 5) is 2.30. The highest BCUT2D eigenvalue weighted by Gasteiger charge is 2.15. The van der Waals surface area contributed by atoms with Gasteiger partial charge < -0.3 is 5.32 Å². The minimum absolute atomic E-state index is 1.01. The van der Waals surface area contributed by atoms with Gasteiger partial charge in [0.2, 0.25) is 0 Å². The molecule has 0 spiro atoms. The number of hydrogen-bond donors (Lipinski definition) is 1. The summed E-state index contributed by atoms with van der Waals surface area (Å²) >= 11 is 1.71. The number of fused-ring (bicyclic) bond motifs is 1. The van der Waals surface area contributed by atoms with Crippen LogP contribution in [0.15, 0.2) is 65.6 Å². The van der Waals surface area contributed by atoms with E-state index >= 15 is 0 Å². The Balaban J connectivity index is 2.45. The van der Waals surface area contributed by atoms with Crippen LogP contribution in [0.5, 0.6) is 0 Å². The van der Waals surface area contributed by atoms with Gasteiger partial charge in [-0.15, -0.1) is 0 Å². The molecule has 0 aromatic heterocycles. The average Bonchev–Trinajstić information content (AvgIpc) is 2.36. The maximum atomic E-state index is 3.97. The van der Waals surface area contributed by atoms with Crippen molar-refractivity contribution in [3.63, 3.8) is 0 Å². The highest BCUT2D eigenvalue weighted by Crippen LogP contribution is 2.41. The van der Waals surface area contributed by atoms with Crippen molar-refractivity contribution >= 4 is 23.0 Å². The first kappa shape index (κ1) is 11.8. The summed E-state index contributed by atoms with van der Waals surface area (Å²) in [5.41, 5.74) is 4.37. The Kier molecular flexibility index (Phi) is 3.25. The van der Waals surface area contributed by atoms with Crippen molar-refractivity contribution in [1.29, 1.82) is 0 Å². The summed E-state index contributed by atoms with van der Waals surface area (Å²) in [6.07, 6.45) is 3.67. The molecule has 1 aliphatic heterocycles. The lowest BCUT2D eigenvalue weighted by Gasteiger charge is -2.21. The van der Waals surface area contributed by atoms with Gasteiger partial charge in [0.15, 0.2) is 0 Å². The van der Waals surface area contributed by atoms with Crippen LogP contribution < -0.4 is 5.32 Å². The van der Waals surface area contributed by atoms with Crippen molar-refractivity contribution < 1.29 is 0 Å². The Morgan fingerprint density at radius 3 is 2.65 bits per heavy atom. The molecular formula is C15H15NS. The largest absolute Gasteiger partial charge is 0.354 e. The van der Waals surface area contributed by atoms with Crippen molar-refractivity contribution in [2.45, 2.75) is 11.8 Å². The summed E-state index contributed by atoms with van der Waals surface area (Å²) in [6, 6.07) is 6.31. The number of nitrogens with one attached hydrogen (secondary N) is 1. The fourth-order valence-corrected chi connectivity index (χ4v) is 2.64. The Morgan fingerprint density at radius 2 is 2.06 bits per heavy atom. The first-order chi connectivity index (χ1) is 8.15. The molecule has 0 fully saturated rings. The number of thioether (sulfide) groups is 1. The molecule has 0 aliphatic carbocycles. The summed E-state index contributed by atoms with van der Waals surface area (Å²) in [5, 5.41) is 3.35. The van der Waals surface area contributed by atoms with E-state index in [4.69, 9.17) is 0 Å². The Hall–Kier alpha value is -1.67. The zero-order chi connectivity index (χ0) is 12.4. The monoisotopic (exact) mass is 241 g/mol. The minimum atomic E-state index is 1.01. The molecule has 17 heavy (non-hydrogen) atoms. The minimum Gasteiger partial charge on any atom is -0.354 e. The lowest BCUT2D eigenvalue weighted by atomic mass is 10.1. The van der Waals surface area contributed by atoms with Gasteiger partial charge in [-0.25, -0.2) is 0 Å². The van der Waals surface area contributed by atoms with Gasteiger partial charge in [-0.2, -0.15) is 0 Å². The fourth-order valence-electron chi connectivity index (χ4n) is 1.66. The lowest BCUT2D eigenvalue weighted by molar-refractivity contribution is 1.33. The van der Waals surface area contributed by atoms with Crippen LogP contribution in [0.4, 0.5) is 5.69 Å². The van der Waals surface area contributed by atoms with Crippen molar-refractivity contribution in [3.8, 4) is 0 Å². The van der Waals surface area contributed by atoms with Crippen molar-refractivity contribution in [2.75, 3.05) is 5.32 Å². The van der Waals surface area contributed by atoms with Crippen LogP contribution in [-0.4, -0.2) is 0 Å². The molecule has 0 atom stereocenters. The van der Waals surface area contributed by atoms with Gasteiger partial charge in [0.25, 0.3) is 0 Å². The second-order valence-electron chi connectivity index (χ2n) is 3.90. The maximum absolute atomic E-state index is 3.97. The highest BCUT2D eigenvalue weighted by molar-refractivity contribution is 8.03. The third kappa shape index (κ3) is 2.22. The Bertz CT molecular complexity index is 538. The molecule has 0 amide bonds. The molecule has 1 aromatic rings. The van der Waals surface area contributed by atoms with E-state index in [-0.39, 0.29) is 0 Å². The summed E-state index contributed by atoms with van der Waals surface area (Å²) in [5.74, 6) is 0. The van der Waals surface area contributed by atoms with Gasteiger partial charge >= 0.3 is 0 Å². The van der Waals surface area contributed by atoms with E-state index in [1.54, 1.807) is 11.8 Å². The number of allylic oxidation sites excluding steroid dienone is 3. The molecule has 1 aliphatic rings. The van der Waals surface area contributed by atoms with Gasteiger partial charge in [0, 0.05) is 9.80 Å². The quantitative estimate of drug-likeness (QED) is 0.814. The molecule has 0 saturated carbocycles. The van der Waals surface area contributed by atoms with Gasteiger partial charge in [-0.1, -0.05) is 49.2 Å². The highest BCUT2D eigenvalue weighted by atomic mass is 32.2. The zero-order valence-electron chi connectivity index (χ0n) is 9.92. The molecule has 1 heterocycles.